The van der Waals surface area contributed by atoms with Gasteiger partial charge in [-0.2, -0.15) is 0 Å². The molecule has 9 heavy (non-hydrogen) atoms. The first kappa shape index (κ1) is 6.99. The van der Waals surface area contributed by atoms with Gasteiger partial charge in [0.2, 0.25) is 0 Å². The molecule has 0 bridgehead atoms. The van der Waals surface area contributed by atoms with Crippen LogP contribution in [0.15, 0.2) is 0 Å². The zero-order valence-electron chi connectivity index (χ0n) is 5.55. The van der Waals surface area contributed by atoms with Crippen molar-refractivity contribution in [3.05, 3.63) is 0 Å². The summed E-state index contributed by atoms with van der Waals surface area (Å²) in [5.41, 5.74) is 5.66. The Morgan fingerprint density at radius 1 is 1.11 bits per heavy atom. The van der Waals surface area contributed by atoms with Crippen LogP contribution in [0.3, 0.4) is 0 Å². The van der Waals surface area contributed by atoms with Crippen molar-refractivity contribution in [3.8, 4) is 0 Å². The van der Waals surface area contributed by atoms with E-state index >= 15 is 0 Å². The maximum absolute atomic E-state index is 5.66. The quantitative estimate of drug-likeness (QED) is 0.496. The average Bonchev–Trinajstić information content (AvgIpc) is 1.90. The lowest BCUT2D eigenvalue weighted by Crippen LogP contribution is -2.31. The standard InChI is InChI=1S/C6H14N2O/c7-5-1-3-6(9-8)4-2-5/h5-6H,1-4,7-8H2/t5-,6-. The topological polar surface area (TPSA) is 61.3 Å². The second kappa shape index (κ2) is 3.15. The minimum absolute atomic E-state index is 0.268. The van der Waals surface area contributed by atoms with Crippen molar-refractivity contribution in [2.75, 3.05) is 0 Å². The van der Waals surface area contributed by atoms with Crippen molar-refractivity contribution in [2.45, 2.75) is 37.8 Å². The van der Waals surface area contributed by atoms with Gasteiger partial charge in [0.15, 0.2) is 0 Å². The molecule has 0 saturated heterocycles. The first-order valence-electron chi connectivity index (χ1n) is 3.44. The molecule has 0 unspecified atom stereocenters. The Morgan fingerprint density at radius 3 is 2.11 bits per heavy atom. The molecule has 3 heteroatoms. The van der Waals surface area contributed by atoms with Crippen molar-refractivity contribution in [1.82, 2.24) is 0 Å². The molecule has 0 amide bonds. The summed E-state index contributed by atoms with van der Waals surface area (Å²) in [6.45, 7) is 0. The van der Waals surface area contributed by atoms with E-state index in [1.54, 1.807) is 0 Å². The lowest BCUT2D eigenvalue weighted by Gasteiger charge is -2.23. The van der Waals surface area contributed by atoms with Gasteiger partial charge in [-0.1, -0.05) is 0 Å². The number of nitrogens with two attached hydrogens (primary N) is 2. The fourth-order valence-corrected chi connectivity index (χ4v) is 1.22. The zero-order valence-corrected chi connectivity index (χ0v) is 5.55. The third-order valence-electron chi connectivity index (χ3n) is 1.91. The van der Waals surface area contributed by atoms with Crippen molar-refractivity contribution in [2.24, 2.45) is 11.6 Å². The molecule has 0 aromatic heterocycles. The molecule has 1 fully saturated rings. The lowest BCUT2D eigenvalue weighted by atomic mass is 9.94. The van der Waals surface area contributed by atoms with Crippen LogP contribution in [0.25, 0.3) is 0 Å². The fraction of sp³-hybridized carbons (Fsp3) is 1.00. The van der Waals surface area contributed by atoms with Crippen LogP contribution < -0.4 is 11.6 Å². The third-order valence-corrected chi connectivity index (χ3v) is 1.91. The van der Waals surface area contributed by atoms with E-state index in [-0.39, 0.29) is 6.10 Å². The van der Waals surface area contributed by atoms with E-state index in [9.17, 15) is 0 Å². The zero-order chi connectivity index (χ0) is 6.69. The van der Waals surface area contributed by atoms with Gasteiger partial charge in [-0.3, -0.25) is 0 Å². The smallest absolute Gasteiger partial charge is 0.0788 e. The van der Waals surface area contributed by atoms with Gasteiger partial charge >= 0.3 is 0 Å². The van der Waals surface area contributed by atoms with Crippen LogP contribution in [0.2, 0.25) is 0 Å². The molecule has 0 aromatic carbocycles. The Hall–Kier alpha value is -0.120. The van der Waals surface area contributed by atoms with E-state index in [2.05, 4.69) is 4.84 Å². The molecule has 54 valence electrons. The Kier molecular flexibility index (Phi) is 2.45. The summed E-state index contributed by atoms with van der Waals surface area (Å²) in [5.74, 6) is 5.01. The molecule has 3 nitrogen and oxygen atoms in total. The molecule has 0 heterocycles. The van der Waals surface area contributed by atoms with Crippen LogP contribution in [0.1, 0.15) is 25.7 Å². The van der Waals surface area contributed by atoms with Gasteiger partial charge in [-0.05, 0) is 25.7 Å². The van der Waals surface area contributed by atoms with Crippen molar-refractivity contribution in [1.29, 1.82) is 0 Å². The van der Waals surface area contributed by atoms with Crippen molar-refractivity contribution >= 4 is 0 Å². The molecular formula is C6H14N2O. The van der Waals surface area contributed by atoms with Crippen molar-refractivity contribution in [3.63, 3.8) is 0 Å². The van der Waals surface area contributed by atoms with Crippen LogP contribution in [0, 0.1) is 0 Å². The SMILES string of the molecule is NO[C@H]1CC[C@H](N)CC1. The Morgan fingerprint density at radius 2 is 1.67 bits per heavy atom. The monoisotopic (exact) mass is 130 g/mol. The Balaban J connectivity index is 2.18. The summed E-state index contributed by atoms with van der Waals surface area (Å²) in [4.78, 5) is 4.68. The number of hydrogen-bond acceptors (Lipinski definition) is 3. The average molecular weight is 130 g/mol. The normalized spacial score (nSPS) is 36.7. The van der Waals surface area contributed by atoms with Gasteiger partial charge in [0.1, 0.15) is 0 Å². The first-order valence-corrected chi connectivity index (χ1v) is 3.44. The highest BCUT2D eigenvalue weighted by Crippen LogP contribution is 2.17. The maximum Gasteiger partial charge on any atom is 0.0788 e. The van der Waals surface area contributed by atoms with E-state index in [4.69, 9.17) is 11.6 Å². The fourth-order valence-electron chi connectivity index (χ4n) is 1.22. The van der Waals surface area contributed by atoms with Crippen LogP contribution >= 0.6 is 0 Å². The predicted molar refractivity (Wildman–Crippen MR) is 35.5 cm³/mol. The van der Waals surface area contributed by atoms with E-state index in [1.165, 1.54) is 0 Å². The van der Waals surface area contributed by atoms with E-state index in [0.717, 1.165) is 25.7 Å². The lowest BCUT2D eigenvalue weighted by molar-refractivity contribution is 0.0246. The molecule has 0 aromatic rings. The Labute approximate surface area is 55.3 Å². The molecule has 1 rings (SSSR count). The highest BCUT2D eigenvalue weighted by atomic mass is 16.6. The molecule has 1 saturated carbocycles. The van der Waals surface area contributed by atoms with E-state index < -0.39 is 0 Å². The molecular weight excluding hydrogens is 116 g/mol. The van der Waals surface area contributed by atoms with Crippen LogP contribution in [-0.4, -0.2) is 12.1 Å². The van der Waals surface area contributed by atoms with Gasteiger partial charge in [-0.25, -0.2) is 5.90 Å². The summed E-state index contributed by atoms with van der Waals surface area (Å²) in [6, 6.07) is 0.386. The highest BCUT2D eigenvalue weighted by Gasteiger charge is 2.17. The van der Waals surface area contributed by atoms with E-state index in [0.29, 0.717) is 6.04 Å². The molecule has 4 N–H and O–H groups in total. The molecule has 1 aliphatic carbocycles. The number of rotatable bonds is 1. The summed E-state index contributed by atoms with van der Waals surface area (Å²) >= 11 is 0. The predicted octanol–water partition coefficient (Wildman–Crippen LogP) is 0.147. The van der Waals surface area contributed by atoms with Gasteiger partial charge in [-0.15, -0.1) is 0 Å². The number of hydrogen-bond donors (Lipinski definition) is 2. The first-order chi connectivity index (χ1) is 4.33. The summed E-state index contributed by atoms with van der Waals surface area (Å²) < 4.78 is 0. The summed E-state index contributed by atoms with van der Waals surface area (Å²) in [6.07, 6.45) is 4.43. The highest BCUT2D eigenvalue weighted by molar-refractivity contribution is 4.73. The maximum atomic E-state index is 5.66. The summed E-state index contributed by atoms with van der Waals surface area (Å²) in [5, 5.41) is 0. The largest absolute Gasteiger partial charge is 0.328 e. The second-order valence-corrected chi connectivity index (χ2v) is 2.67. The Bertz CT molecular complexity index is 79.1. The third kappa shape index (κ3) is 1.93. The van der Waals surface area contributed by atoms with E-state index in [1.807, 2.05) is 0 Å². The molecule has 0 spiro atoms. The van der Waals surface area contributed by atoms with Gasteiger partial charge in [0.25, 0.3) is 0 Å². The van der Waals surface area contributed by atoms with Crippen LogP contribution in [-0.2, 0) is 4.84 Å². The van der Waals surface area contributed by atoms with Gasteiger partial charge in [0, 0.05) is 6.04 Å². The van der Waals surface area contributed by atoms with Crippen molar-refractivity contribution < 1.29 is 4.84 Å². The summed E-state index contributed by atoms with van der Waals surface area (Å²) in [7, 11) is 0. The molecule has 1 aliphatic rings. The molecule has 0 radical (unpaired) electrons. The minimum Gasteiger partial charge on any atom is -0.328 e. The van der Waals surface area contributed by atoms with Gasteiger partial charge < -0.3 is 10.6 Å². The minimum atomic E-state index is 0.268. The molecule has 0 atom stereocenters. The van der Waals surface area contributed by atoms with Crippen LogP contribution in [0.5, 0.6) is 0 Å². The van der Waals surface area contributed by atoms with Gasteiger partial charge in [0.05, 0.1) is 6.10 Å². The molecule has 0 aliphatic heterocycles. The second-order valence-electron chi connectivity index (χ2n) is 2.67. The van der Waals surface area contributed by atoms with Crippen LogP contribution in [0.4, 0.5) is 0 Å².